The summed E-state index contributed by atoms with van der Waals surface area (Å²) >= 11 is 5.41. The number of nitrogens with one attached hydrogen (secondary N) is 2. The molecule has 0 radical (unpaired) electrons. The van der Waals surface area contributed by atoms with Crippen molar-refractivity contribution in [3.05, 3.63) is 66.7 Å². The Morgan fingerprint density at radius 2 is 1.89 bits per heavy atom. The number of thiocarbonyl (C=S) groups is 1. The maximum absolute atomic E-state index is 5.55. The van der Waals surface area contributed by atoms with Gasteiger partial charge in [-0.2, -0.15) is 0 Å². The molecule has 1 heterocycles. The zero-order valence-electron chi connectivity index (χ0n) is 16.4. The molecule has 0 saturated carbocycles. The van der Waals surface area contributed by atoms with Gasteiger partial charge >= 0.3 is 0 Å². The molecule has 0 aliphatic carbocycles. The fraction of sp³-hybridized carbons (Fsp3) is 0.318. The van der Waals surface area contributed by atoms with Gasteiger partial charge in [-0.1, -0.05) is 30.9 Å². The summed E-state index contributed by atoms with van der Waals surface area (Å²) in [5, 5.41) is 7.04. The molecule has 28 heavy (non-hydrogen) atoms. The van der Waals surface area contributed by atoms with Crippen molar-refractivity contribution in [3.63, 3.8) is 0 Å². The second-order valence-electron chi connectivity index (χ2n) is 6.89. The van der Waals surface area contributed by atoms with Gasteiger partial charge in [0.15, 0.2) is 5.11 Å². The molecule has 5 nitrogen and oxygen atoms in total. The minimum Gasteiger partial charge on any atom is -0.489 e. The number of hydrogen-bond donors (Lipinski definition) is 2. The molecule has 148 valence electrons. The number of benzene rings is 2. The first-order valence-corrected chi connectivity index (χ1v) is 9.96. The molecular formula is C22H28N4OS. The topological polar surface area (TPSA) is 39.8 Å². The van der Waals surface area contributed by atoms with Crippen LogP contribution >= 0.6 is 12.2 Å². The van der Waals surface area contributed by atoms with E-state index in [9.17, 15) is 0 Å². The van der Waals surface area contributed by atoms with Crippen molar-refractivity contribution in [3.8, 4) is 5.75 Å². The minimum absolute atomic E-state index is 0.482. The van der Waals surface area contributed by atoms with Crippen LogP contribution in [0.2, 0.25) is 0 Å². The lowest BCUT2D eigenvalue weighted by atomic mass is 10.2. The molecule has 0 atom stereocenters. The van der Waals surface area contributed by atoms with Crippen molar-refractivity contribution in [2.75, 3.05) is 50.1 Å². The number of hydrogen-bond acceptors (Lipinski definition) is 4. The van der Waals surface area contributed by atoms with E-state index in [0.717, 1.165) is 37.6 Å². The molecule has 1 aliphatic heterocycles. The number of likely N-dealkylation sites (N-methyl/N-ethyl adjacent to an activating group) is 1. The summed E-state index contributed by atoms with van der Waals surface area (Å²) in [7, 11) is 2.17. The van der Waals surface area contributed by atoms with Gasteiger partial charge in [-0.25, -0.2) is 0 Å². The molecule has 2 N–H and O–H groups in total. The molecule has 3 rings (SSSR count). The maximum Gasteiger partial charge on any atom is 0.171 e. The van der Waals surface area contributed by atoms with Crippen LogP contribution in [0.1, 0.15) is 5.56 Å². The maximum atomic E-state index is 5.55. The van der Waals surface area contributed by atoms with E-state index >= 15 is 0 Å². The lowest BCUT2D eigenvalue weighted by molar-refractivity contribution is 0.313. The molecule has 6 heteroatoms. The lowest BCUT2D eigenvalue weighted by Gasteiger charge is -2.34. The molecule has 0 bridgehead atoms. The van der Waals surface area contributed by atoms with Crippen LogP contribution in [0, 0.1) is 0 Å². The molecular weight excluding hydrogens is 368 g/mol. The fourth-order valence-corrected chi connectivity index (χ4v) is 3.26. The van der Waals surface area contributed by atoms with E-state index in [0.29, 0.717) is 18.3 Å². The van der Waals surface area contributed by atoms with Crippen LogP contribution in [0.15, 0.2) is 61.2 Å². The van der Waals surface area contributed by atoms with E-state index < -0.39 is 0 Å². The van der Waals surface area contributed by atoms with Gasteiger partial charge in [0.05, 0.1) is 0 Å². The third-order valence-electron chi connectivity index (χ3n) is 4.72. The Hall–Kier alpha value is -2.57. The molecule has 0 unspecified atom stereocenters. The molecule has 2 aromatic carbocycles. The van der Waals surface area contributed by atoms with E-state index in [2.05, 4.69) is 58.3 Å². The van der Waals surface area contributed by atoms with Crippen molar-refractivity contribution >= 4 is 28.7 Å². The van der Waals surface area contributed by atoms with Crippen LogP contribution < -0.4 is 20.3 Å². The summed E-state index contributed by atoms with van der Waals surface area (Å²) in [6.07, 6.45) is 1.72. The standard InChI is InChI=1S/C22H28N4OS/c1-3-15-27-21-6-4-5-19(16-21)24-22(28)23-17-18-7-9-20(10-8-18)26-13-11-25(2)12-14-26/h3-10,16H,1,11-15,17H2,2H3,(H2,23,24,28). The van der Waals surface area contributed by atoms with Crippen molar-refractivity contribution in [1.29, 1.82) is 0 Å². The van der Waals surface area contributed by atoms with E-state index in [4.69, 9.17) is 17.0 Å². The average Bonchev–Trinajstić information content (AvgIpc) is 2.72. The highest BCUT2D eigenvalue weighted by Gasteiger charge is 2.13. The van der Waals surface area contributed by atoms with Crippen LogP contribution in [0.4, 0.5) is 11.4 Å². The Morgan fingerprint density at radius 1 is 1.14 bits per heavy atom. The van der Waals surface area contributed by atoms with Crippen LogP contribution in [0.5, 0.6) is 5.75 Å². The third kappa shape index (κ3) is 5.97. The first kappa shape index (κ1) is 20.2. The molecule has 0 aromatic heterocycles. The fourth-order valence-electron chi connectivity index (χ4n) is 3.07. The zero-order chi connectivity index (χ0) is 19.8. The minimum atomic E-state index is 0.482. The smallest absolute Gasteiger partial charge is 0.171 e. The van der Waals surface area contributed by atoms with E-state index in [1.165, 1.54) is 11.3 Å². The van der Waals surface area contributed by atoms with E-state index in [1.54, 1.807) is 6.08 Å². The Balaban J connectivity index is 1.47. The van der Waals surface area contributed by atoms with Gasteiger partial charge in [0.2, 0.25) is 0 Å². The summed E-state index contributed by atoms with van der Waals surface area (Å²) in [6.45, 7) is 9.21. The summed E-state index contributed by atoms with van der Waals surface area (Å²) < 4.78 is 5.55. The molecule has 2 aromatic rings. The van der Waals surface area contributed by atoms with Crippen LogP contribution in [-0.2, 0) is 6.54 Å². The summed E-state index contributed by atoms with van der Waals surface area (Å²) in [6, 6.07) is 16.4. The lowest BCUT2D eigenvalue weighted by Crippen LogP contribution is -2.44. The zero-order valence-corrected chi connectivity index (χ0v) is 17.2. The van der Waals surface area contributed by atoms with Crippen LogP contribution in [0.3, 0.4) is 0 Å². The summed E-state index contributed by atoms with van der Waals surface area (Å²) in [4.78, 5) is 4.80. The van der Waals surface area contributed by atoms with Gasteiger partial charge in [-0.05, 0) is 49.1 Å². The molecule has 1 saturated heterocycles. The second kappa shape index (κ2) is 10.1. The van der Waals surface area contributed by atoms with Crippen molar-refractivity contribution < 1.29 is 4.74 Å². The van der Waals surface area contributed by atoms with Gasteiger partial charge < -0.3 is 25.2 Å². The number of rotatable bonds is 7. The Kier molecular flexibility index (Phi) is 7.28. The average molecular weight is 397 g/mol. The van der Waals surface area contributed by atoms with E-state index in [1.807, 2.05) is 24.3 Å². The number of nitrogens with zero attached hydrogens (tertiary/aromatic N) is 2. The van der Waals surface area contributed by atoms with E-state index in [-0.39, 0.29) is 0 Å². The number of anilines is 2. The molecule has 0 amide bonds. The third-order valence-corrected chi connectivity index (χ3v) is 4.96. The van der Waals surface area contributed by atoms with Crippen molar-refractivity contribution in [2.45, 2.75) is 6.54 Å². The SMILES string of the molecule is C=CCOc1cccc(NC(=S)NCc2ccc(N3CCN(C)CC3)cc2)c1. The summed E-state index contributed by atoms with van der Waals surface area (Å²) in [5.74, 6) is 0.784. The molecule has 1 fully saturated rings. The monoisotopic (exact) mass is 396 g/mol. The molecule has 1 aliphatic rings. The molecule has 0 spiro atoms. The van der Waals surface area contributed by atoms with Crippen LogP contribution in [-0.4, -0.2) is 49.8 Å². The van der Waals surface area contributed by atoms with Crippen LogP contribution in [0.25, 0.3) is 0 Å². The highest BCUT2D eigenvalue weighted by Crippen LogP contribution is 2.18. The van der Waals surface area contributed by atoms with Gasteiger partial charge in [-0.3, -0.25) is 0 Å². The Morgan fingerprint density at radius 3 is 2.61 bits per heavy atom. The Labute approximate surface area is 173 Å². The van der Waals surface area contributed by atoms with Gasteiger partial charge in [-0.15, -0.1) is 0 Å². The second-order valence-corrected chi connectivity index (χ2v) is 7.30. The van der Waals surface area contributed by atoms with Gasteiger partial charge in [0.1, 0.15) is 12.4 Å². The number of ether oxygens (including phenoxy) is 1. The first-order valence-electron chi connectivity index (χ1n) is 9.55. The summed E-state index contributed by atoms with van der Waals surface area (Å²) in [5.41, 5.74) is 3.38. The quantitative estimate of drug-likeness (QED) is 0.552. The first-order chi connectivity index (χ1) is 13.6. The predicted octanol–water partition coefficient (Wildman–Crippen LogP) is 3.49. The van der Waals surface area contributed by atoms with Crippen molar-refractivity contribution in [2.24, 2.45) is 0 Å². The Bertz CT molecular complexity index is 785. The highest BCUT2D eigenvalue weighted by atomic mass is 32.1. The largest absolute Gasteiger partial charge is 0.489 e. The predicted molar refractivity (Wildman–Crippen MR) is 121 cm³/mol. The van der Waals surface area contributed by atoms with Gasteiger partial charge in [0, 0.05) is 50.2 Å². The van der Waals surface area contributed by atoms with Crippen molar-refractivity contribution in [1.82, 2.24) is 10.2 Å². The van der Waals surface area contributed by atoms with Gasteiger partial charge in [0.25, 0.3) is 0 Å². The normalized spacial score (nSPS) is 14.4. The highest BCUT2D eigenvalue weighted by molar-refractivity contribution is 7.80. The number of piperazine rings is 1.